The van der Waals surface area contributed by atoms with E-state index in [0.29, 0.717) is 6.54 Å². The molecule has 0 spiro atoms. The molecule has 7 heteroatoms. The van der Waals surface area contributed by atoms with Crippen molar-refractivity contribution in [2.45, 2.75) is 45.6 Å². The monoisotopic (exact) mass is 412 g/mol. The summed E-state index contributed by atoms with van der Waals surface area (Å²) in [6.07, 6.45) is 3.78. The van der Waals surface area contributed by atoms with E-state index < -0.39 is 0 Å². The Morgan fingerprint density at radius 1 is 1.23 bits per heavy atom. The third kappa shape index (κ3) is 5.95. The Balaban J connectivity index is 1.35. The molecule has 3 aromatic rings. The van der Waals surface area contributed by atoms with Gasteiger partial charge in [-0.1, -0.05) is 18.6 Å². The molecule has 2 heterocycles. The number of nitrogens with one attached hydrogen (secondary N) is 2. The van der Waals surface area contributed by atoms with Crippen molar-refractivity contribution in [1.82, 2.24) is 20.4 Å². The van der Waals surface area contributed by atoms with Crippen molar-refractivity contribution in [2.75, 3.05) is 13.6 Å². The topological polar surface area (TPSA) is 74.2 Å². The molecule has 6 nitrogen and oxygen atoms in total. The zero-order valence-electron chi connectivity index (χ0n) is 17.7. The molecule has 0 aliphatic rings. The molecular weight excluding hydrogens is 383 g/mol. The number of hydrogen-bond acceptors (Lipinski definition) is 3. The second-order valence-electron chi connectivity index (χ2n) is 7.64. The van der Waals surface area contributed by atoms with Gasteiger partial charge in [0.25, 0.3) is 0 Å². The average molecular weight is 413 g/mol. The summed E-state index contributed by atoms with van der Waals surface area (Å²) >= 11 is 0. The first-order valence-electron chi connectivity index (χ1n) is 10.3. The van der Waals surface area contributed by atoms with Gasteiger partial charge in [-0.25, -0.2) is 9.18 Å². The second kappa shape index (κ2) is 10.1. The van der Waals surface area contributed by atoms with Gasteiger partial charge in [-0.05, 0) is 63.4 Å². The maximum atomic E-state index is 13.4. The van der Waals surface area contributed by atoms with E-state index in [0.717, 1.165) is 54.2 Å². The molecule has 30 heavy (non-hydrogen) atoms. The quantitative estimate of drug-likeness (QED) is 0.473. The largest absolute Gasteiger partial charge is 0.464 e. The number of benzene rings is 1. The Bertz CT molecular complexity index is 966. The van der Waals surface area contributed by atoms with Gasteiger partial charge in [0.15, 0.2) is 0 Å². The highest BCUT2D eigenvalue weighted by Gasteiger charge is 2.15. The number of aromatic nitrogens is 2. The number of hydrogen-bond donors (Lipinski definition) is 2. The van der Waals surface area contributed by atoms with Gasteiger partial charge < -0.3 is 14.6 Å². The van der Waals surface area contributed by atoms with Gasteiger partial charge in [-0.3, -0.25) is 5.10 Å². The highest BCUT2D eigenvalue weighted by Crippen LogP contribution is 2.19. The Morgan fingerprint density at radius 2 is 2.07 bits per heavy atom. The Morgan fingerprint density at radius 3 is 2.80 bits per heavy atom. The van der Waals surface area contributed by atoms with E-state index in [-0.39, 0.29) is 17.9 Å². The predicted molar refractivity (Wildman–Crippen MR) is 115 cm³/mol. The summed E-state index contributed by atoms with van der Waals surface area (Å²) in [6, 6.07) is 11.9. The lowest BCUT2D eigenvalue weighted by atomic mass is 10.1. The van der Waals surface area contributed by atoms with Crippen LogP contribution in [-0.4, -0.2) is 34.7 Å². The smallest absolute Gasteiger partial charge is 0.317 e. The van der Waals surface area contributed by atoms with Gasteiger partial charge in [-0.2, -0.15) is 5.10 Å². The van der Waals surface area contributed by atoms with E-state index in [4.69, 9.17) is 4.42 Å². The van der Waals surface area contributed by atoms with Crippen molar-refractivity contribution < 1.29 is 13.6 Å². The normalized spacial score (nSPS) is 12.0. The number of aryl methyl sites for hydroxylation is 2. The number of amides is 2. The summed E-state index contributed by atoms with van der Waals surface area (Å²) < 4.78 is 18.9. The van der Waals surface area contributed by atoms with Crippen LogP contribution in [0.1, 0.15) is 49.4 Å². The molecule has 0 aliphatic carbocycles. The third-order valence-corrected chi connectivity index (χ3v) is 5.07. The Kier molecular flexibility index (Phi) is 7.27. The lowest BCUT2D eigenvalue weighted by Crippen LogP contribution is -2.39. The minimum absolute atomic E-state index is 0.107. The molecule has 0 saturated carbocycles. The van der Waals surface area contributed by atoms with Crippen LogP contribution in [0, 0.1) is 12.7 Å². The van der Waals surface area contributed by atoms with Crippen molar-refractivity contribution in [3.63, 3.8) is 0 Å². The number of carbonyl (C=O) groups is 1. The molecule has 0 bridgehead atoms. The molecule has 0 radical (unpaired) electrons. The first-order chi connectivity index (χ1) is 14.4. The summed E-state index contributed by atoms with van der Waals surface area (Å²) in [5, 5.41) is 10.2. The molecule has 1 atom stereocenters. The fourth-order valence-corrected chi connectivity index (χ4v) is 3.28. The number of aromatic amines is 1. The van der Waals surface area contributed by atoms with E-state index in [1.54, 1.807) is 18.0 Å². The van der Waals surface area contributed by atoms with E-state index in [2.05, 4.69) is 15.5 Å². The molecule has 0 aliphatic heterocycles. The fourth-order valence-electron chi connectivity index (χ4n) is 3.28. The lowest BCUT2D eigenvalue weighted by Gasteiger charge is -2.20. The molecule has 2 aromatic heterocycles. The van der Waals surface area contributed by atoms with Gasteiger partial charge in [0.2, 0.25) is 0 Å². The summed E-state index contributed by atoms with van der Waals surface area (Å²) in [5.41, 5.74) is 2.55. The van der Waals surface area contributed by atoms with E-state index in [1.807, 2.05) is 38.1 Å². The van der Waals surface area contributed by atoms with Crippen LogP contribution in [0.4, 0.5) is 9.18 Å². The number of H-pyrrole nitrogens is 1. The summed E-state index contributed by atoms with van der Waals surface area (Å²) in [5.74, 6) is 1.32. The van der Waals surface area contributed by atoms with Gasteiger partial charge in [0.1, 0.15) is 17.3 Å². The number of unbranched alkanes of at least 4 members (excludes halogenated alkanes) is 2. The van der Waals surface area contributed by atoms with Crippen LogP contribution >= 0.6 is 0 Å². The fraction of sp³-hybridized carbons (Fsp3) is 0.391. The summed E-state index contributed by atoms with van der Waals surface area (Å²) in [6.45, 7) is 4.48. The first kappa shape index (κ1) is 21.6. The number of rotatable bonds is 9. The van der Waals surface area contributed by atoms with E-state index >= 15 is 0 Å². The van der Waals surface area contributed by atoms with E-state index in [1.165, 1.54) is 12.1 Å². The van der Waals surface area contributed by atoms with Gasteiger partial charge >= 0.3 is 6.03 Å². The molecule has 1 unspecified atom stereocenters. The molecule has 2 N–H and O–H groups in total. The van der Waals surface area contributed by atoms with Crippen molar-refractivity contribution in [2.24, 2.45) is 0 Å². The minimum atomic E-state index is -0.265. The zero-order valence-corrected chi connectivity index (χ0v) is 17.7. The van der Waals surface area contributed by atoms with Crippen LogP contribution in [0.3, 0.4) is 0 Å². The zero-order chi connectivity index (χ0) is 21.5. The van der Waals surface area contributed by atoms with Crippen molar-refractivity contribution in [3.8, 4) is 11.3 Å². The van der Waals surface area contributed by atoms with Gasteiger partial charge in [-0.15, -0.1) is 0 Å². The molecular formula is C23H29FN4O2. The van der Waals surface area contributed by atoms with Gasteiger partial charge in [0, 0.05) is 24.8 Å². The summed E-state index contributed by atoms with van der Waals surface area (Å²) in [4.78, 5) is 14.0. The van der Waals surface area contributed by atoms with Crippen LogP contribution in [0.5, 0.6) is 0 Å². The molecule has 3 rings (SSSR count). The summed E-state index contributed by atoms with van der Waals surface area (Å²) in [7, 11) is 1.80. The standard InChI is InChI=1S/C23H29FN4O2/c1-16-11-12-22(30-16)17(2)25-23(29)28(3)13-6-4-5-10-20-15-21(27-26-20)18-8-7-9-19(24)14-18/h7-9,11-12,14-15,17H,4-6,10,13H2,1-3H3,(H,25,29)(H,26,27). The van der Waals surface area contributed by atoms with Crippen LogP contribution in [-0.2, 0) is 6.42 Å². The van der Waals surface area contributed by atoms with Crippen LogP contribution in [0.15, 0.2) is 46.9 Å². The number of furan rings is 1. The average Bonchev–Trinajstić information content (AvgIpc) is 3.36. The Hall–Kier alpha value is -3.09. The van der Waals surface area contributed by atoms with Crippen LogP contribution in [0.25, 0.3) is 11.3 Å². The number of urea groups is 1. The third-order valence-electron chi connectivity index (χ3n) is 5.07. The highest BCUT2D eigenvalue weighted by molar-refractivity contribution is 5.74. The molecule has 1 aromatic carbocycles. The van der Waals surface area contributed by atoms with E-state index in [9.17, 15) is 9.18 Å². The minimum Gasteiger partial charge on any atom is -0.464 e. The second-order valence-corrected chi connectivity index (χ2v) is 7.64. The molecule has 160 valence electrons. The van der Waals surface area contributed by atoms with Crippen molar-refractivity contribution in [1.29, 1.82) is 0 Å². The molecule has 0 fully saturated rings. The lowest BCUT2D eigenvalue weighted by molar-refractivity contribution is 0.202. The SMILES string of the molecule is Cc1ccc(C(C)NC(=O)N(C)CCCCCc2cc(-c3cccc(F)c3)n[nH]2)o1. The number of halogens is 1. The molecule has 0 saturated heterocycles. The first-order valence-corrected chi connectivity index (χ1v) is 10.3. The maximum absolute atomic E-state index is 13.4. The van der Waals surface area contributed by atoms with Crippen LogP contribution in [0.2, 0.25) is 0 Å². The Labute approximate surface area is 176 Å². The number of nitrogens with zero attached hydrogens (tertiary/aromatic N) is 2. The van der Waals surface area contributed by atoms with Crippen molar-refractivity contribution >= 4 is 6.03 Å². The number of carbonyl (C=O) groups excluding carboxylic acids is 1. The van der Waals surface area contributed by atoms with Crippen molar-refractivity contribution in [3.05, 3.63) is 65.5 Å². The highest BCUT2D eigenvalue weighted by atomic mass is 19.1. The maximum Gasteiger partial charge on any atom is 0.317 e. The molecule has 2 amide bonds. The van der Waals surface area contributed by atoms with Crippen LogP contribution < -0.4 is 5.32 Å². The predicted octanol–water partition coefficient (Wildman–Crippen LogP) is 5.23. The van der Waals surface area contributed by atoms with Gasteiger partial charge in [0.05, 0.1) is 11.7 Å².